The second kappa shape index (κ2) is 4.78. The highest BCUT2D eigenvalue weighted by Crippen LogP contribution is 2.28. The Labute approximate surface area is 110 Å². The van der Waals surface area contributed by atoms with E-state index in [1.807, 2.05) is 24.3 Å². The molecular formula is C16H12FNO. The molecule has 0 aliphatic heterocycles. The van der Waals surface area contributed by atoms with Crippen LogP contribution >= 0.6 is 0 Å². The number of hydrogen-bond acceptors (Lipinski definition) is 2. The van der Waals surface area contributed by atoms with Crippen LogP contribution in [0.25, 0.3) is 10.8 Å². The van der Waals surface area contributed by atoms with Gasteiger partial charge in [-0.05, 0) is 34.7 Å². The van der Waals surface area contributed by atoms with E-state index >= 15 is 0 Å². The van der Waals surface area contributed by atoms with Gasteiger partial charge in [-0.3, -0.25) is 4.98 Å². The molecule has 0 saturated heterocycles. The highest BCUT2D eigenvalue weighted by Gasteiger charge is 2.13. The first-order valence-electron chi connectivity index (χ1n) is 6.02. The van der Waals surface area contributed by atoms with Gasteiger partial charge in [-0.25, -0.2) is 4.39 Å². The van der Waals surface area contributed by atoms with Crippen molar-refractivity contribution < 1.29 is 9.50 Å². The monoisotopic (exact) mass is 253 g/mol. The predicted molar refractivity (Wildman–Crippen MR) is 72.2 cm³/mol. The summed E-state index contributed by atoms with van der Waals surface area (Å²) in [5, 5.41) is 12.3. The molecule has 0 fully saturated rings. The summed E-state index contributed by atoms with van der Waals surface area (Å²) < 4.78 is 13.2. The first kappa shape index (κ1) is 11.8. The quantitative estimate of drug-likeness (QED) is 0.758. The second-order valence-electron chi connectivity index (χ2n) is 4.40. The molecule has 0 radical (unpaired) electrons. The van der Waals surface area contributed by atoms with Gasteiger partial charge in [0.25, 0.3) is 0 Å². The first-order chi connectivity index (χ1) is 9.25. The largest absolute Gasteiger partial charge is 0.384 e. The lowest BCUT2D eigenvalue weighted by Crippen LogP contribution is -2.01. The van der Waals surface area contributed by atoms with Crippen molar-refractivity contribution in [2.24, 2.45) is 0 Å². The van der Waals surface area contributed by atoms with E-state index in [-0.39, 0.29) is 5.82 Å². The minimum Gasteiger partial charge on any atom is -0.384 e. The van der Waals surface area contributed by atoms with Gasteiger partial charge in [0.1, 0.15) is 11.9 Å². The summed E-state index contributed by atoms with van der Waals surface area (Å²) in [5.74, 6) is -0.349. The first-order valence-corrected chi connectivity index (χ1v) is 6.02. The maximum absolute atomic E-state index is 13.2. The SMILES string of the molecule is OC(c1cccc(F)c1)c1cccc2cnccc12. The van der Waals surface area contributed by atoms with E-state index in [9.17, 15) is 9.50 Å². The van der Waals surface area contributed by atoms with Crippen LogP contribution in [-0.4, -0.2) is 10.1 Å². The fourth-order valence-electron chi connectivity index (χ4n) is 2.24. The Morgan fingerprint density at radius 1 is 1.05 bits per heavy atom. The molecule has 3 rings (SSSR count). The lowest BCUT2D eigenvalue weighted by atomic mass is 9.97. The number of aromatic nitrogens is 1. The summed E-state index contributed by atoms with van der Waals surface area (Å²) in [7, 11) is 0. The molecule has 2 aromatic carbocycles. The third kappa shape index (κ3) is 2.20. The molecule has 0 aliphatic rings. The average molecular weight is 253 g/mol. The Hall–Kier alpha value is -2.26. The maximum atomic E-state index is 13.2. The van der Waals surface area contributed by atoms with Crippen molar-refractivity contribution in [1.29, 1.82) is 0 Å². The van der Waals surface area contributed by atoms with Gasteiger partial charge in [0, 0.05) is 17.8 Å². The number of rotatable bonds is 2. The van der Waals surface area contributed by atoms with Gasteiger partial charge in [-0.15, -0.1) is 0 Å². The number of aliphatic hydroxyl groups excluding tert-OH is 1. The molecule has 3 aromatic rings. The van der Waals surface area contributed by atoms with Crippen molar-refractivity contribution in [2.45, 2.75) is 6.10 Å². The van der Waals surface area contributed by atoms with Crippen LogP contribution < -0.4 is 0 Å². The van der Waals surface area contributed by atoms with E-state index in [1.54, 1.807) is 24.5 Å². The fraction of sp³-hybridized carbons (Fsp3) is 0.0625. The van der Waals surface area contributed by atoms with E-state index in [2.05, 4.69) is 4.98 Å². The summed E-state index contributed by atoms with van der Waals surface area (Å²) >= 11 is 0. The molecule has 3 heteroatoms. The van der Waals surface area contributed by atoms with Gasteiger partial charge in [0.05, 0.1) is 0 Å². The molecular weight excluding hydrogens is 241 g/mol. The smallest absolute Gasteiger partial charge is 0.123 e. The summed E-state index contributed by atoms with van der Waals surface area (Å²) in [6.45, 7) is 0. The number of nitrogens with zero attached hydrogens (tertiary/aromatic N) is 1. The van der Waals surface area contributed by atoms with Crippen molar-refractivity contribution in [3.05, 3.63) is 77.9 Å². The molecule has 1 heterocycles. The molecule has 0 spiro atoms. The lowest BCUT2D eigenvalue weighted by Gasteiger charge is -2.14. The Bertz CT molecular complexity index is 721. The summed E-state index contributed by atoms with van der Waals surface area (Å²) in [4.78, 5) is 4.06. The van der Waals surface area contributed by atoms with Crippen LogP contribution in [0.4, 0.5) is 4.39 Å². The van der Waals surface area contributed by atoms with Crippen LogP contribution in [-0.2, 0) is 0 Å². The lowest BCUT2D eigenvalue weighted by molar-refractivity contribution is 0.221. The minimum atomic E-state index is -0.846. The zero-order chi connectivity index (χ0) is 13.2. The van der Waals surface area contributed by atoms with E-state index in [0.29, 0.717) is 5.56 Å². The minimum absolute atomic E-state index is 0.349. The molecule has 2 nitrogen and oxygen atoms in total. The zero-order valence-corrected chi connectivity index (χ0v) is 10.1. The van der Waals surface area contributed by atoms with Crippen molar-refractivity contribution in [2.75, 3.05) is 0 Å². The fourth-order valence-corrected chi connectivity index (χ4v) is 2.24. The van der Waals surface area contributed by atoms with Crippen molar-refractivity contribution >= 4 is 10.8 Å². The van der Waals surface area contributed by atoms with Crippen LogP contribution in [0.15, 0.2) is 60.9 Å². The molecule has 1 unspecified atom stereocenters. The Morgan fingerprint density at radius 2 is 1.89 bits per heavy atom. The van der Waals surface area contributed by atoms with Crippen molar-refractivity contribution in [3.8, 4) is 0 Å². The van der Waals surface area contributed by atoms with Crippen LogP contribution in [0.5, 0.6) is 0 Å². The van der Waals surface area contributed by atoms with Gasteiger partial charge >= 0.3 is 0 Å². The number of pyridine rings is 1. The van der Waals surface area contributed by atoms with Crippen molar-refractivity contribution in [1.82, 2.24) is 4.98 Å². The topological polar surface area (TPSA) is 33.1 Å². The standard InChI is InChI=1S/C16H12FNO/c17-13-5-1-3-11(9-13)16(19)15-6-2-4-12-10-18-8-7-14(12)15/h1-10,16,19H. The number of aliphatic hydroxyl groups is 1. The normalized spacial score (nSPS) is 12.5. The molecule has 0 aliphatic carbocycles. The van der Waals surface area contributed by atoms with E-state index in [0.717, 1.165) is 16.3 Å². The van der Waals surface area contributed by atoms with Crippen LogP contribution in [0.1, 0.15) is 17.2 Å². The Kier molecular flexibility index (Phi) is 2.97. The molecule has 19 heavy (non-hydrogen) atoms. The Balaban J connectivity index is 2.14. The molecule has 0 bridgehead atoms. The number of hydrogen-bond donors (Lipinski definition) is 1. The van der Waals surface area contributed by atoms with Crippen LogP contribution in [0.3, 0.4) is 0 Å². The number of halogens is 1. The number of fused-ring (bicyclic) bond motifs is 1. The number of benzene rings is 2. The highest BCUT2D eigenvalue weighted by molar-refractivity contribution is 5.85. The average Bonchev–Trinajstić information content (AvgIpc) is 2.46. The molecule has 94 valence electrons. The predicted octanol–water partition coefficient (Wildman–Crippen LogP) is 3.46. The van der Waals surface area contributed by atoms with Gasteiger partial charge in [0.2, 0.25) is 0 Å². The summed E-state index contributed by atoms with van der Waals surface area (Å²) in [6.07, 6.45) is 2.59. The van der Waals surface area contributed by atoms with E-state index in [1.165, 1.54) is 12.1 Å². The molecule has 0 amide bonds. The summed E-state index contributed by atoms with van der Waals surface area (Å²) in [6, 6.07) is 13.5. The van der Waals surface area contributed by atoms with Gasteiger partial charge in [-0.2, -0.15) is 0 Å². The van der Waals surface area contributed by atoms with Gasteiger partial charge in [0.15, 0.2) is 0 Å². The molecule has 1 aromatic heterocycles. The maximum Gasteiger partial charge on any atom is 0.123 e. The Morgan fingerprint density at radius 3 is 2.74 bits per heavy atom. The van der Waals surface area contributed by atoms with Crippen LogP contribution in [0.2, 0.25) is 0 Å². The zero-order valence-electron chi connectivity index (χ0n) is 10.1. The third-order valence-electron chi connectivity index (χ3n) is 3.17. The molecule has 0 saturated carbocycles. The third-order valence-corrected chi connectivity index (χ3v) is 3.17. The highest BCUT2D eigenvalue weighted by atomic mass is 19.1. The van der Waals surface area contributed by atoms with E-state index in [4.69, 9.17) is 0 Å². The van der Waals surface area contributed by atoms with Crippen molar-refractivity contribution in [3.63, 3.8) is 0 Å². The molecule has 1 N–H and O–H groups in total. The second-order valence-corrected chi connectivity index (χ2v) is 4.40. The van der Waals surface area contributed by atoms with Crippen LogP contribution in [0, 0.1) is 5.82 Å². The molecule has 1 atom stereocenters. The van der Waals surface area contributed by atoms with E-state index < -0.39 is 6.10 Å². The summed E-state index contributed by atoms with van der Waals surface area (Å²) in [5.41, 5.74) is 1.30. The van der Waals surface area contributed by atoms with Gasteiger partial charge in [-0.1, -0.05) is 30.3 Å². The van der Waals surface area contributed by atoms with Gasteiger partial charge < -0.3 is 5.11 Å².